The number of rotatable bonds is 7. The minimum Gasteiger partial charge on any atom is -0.492 e. The van der Waals surface area contributed by atoms with Crippen LogP contribution in [-0.4, -0.2) is 19.7 Å². The molecular weight excluding hydrogens is 258 g/mol. The van der Waals surface area contributed by atoms with Crippen LogP contribution < -0.4 is 10.1 Å². The fraction of sp³-hybridized carbons (Fsp3) is 0.625. The van der Waals surface area contributed by atoms with Crippen molar-refractivity contribution in [3.8, 4) is 5.75 Å². The van der Waals surface area contributed by atoms with E-state index in [2.05, 4.69) is 26.1 Å². The van der Waals surface area contributed by atoms with Crippen molar-refractivity contribution in [1.29, 1.82) is 0 Å². The fourth-order valence-corrected chi connectivity index (χ4v) is 2.37. The first-order chi connectivity index (χ1) is 8.85. The summed E-state index contributed by atoms with van der Waals surface area (Å²) in [4.78, 5) is 0. The van der Waals surface area contributed by atoms with Crippen LogP contribution in [0.1, 0.15) is 38.3 Å². The molecule has 0 saturated carbocycles. The van der Waals surface area contributed by atoms with Gasteiger partial charge in [-0.05, 0) is 50.1 Å². The van der Waals surface area contributed by atoms with E-state index in [1.54, 1.807) is 0 Å². The fourth-order valence-electron chi connectivity index (χ4n) is 2.05. The van der Waals surface area contributed by atoms with Gasteiger partial charge in [0.15, 0.2) is 0 Å². The lowest BCUT2D eigenvalue weighted by Crippen LogP contribution is -2.34. The van der Waals surface area contributed by atoms with Crippen LogP contribution in [0.5, 0.6) is 5.75 Å². The molecule has 0 spiro atoms. The molecule has 0 heterocycles. The van der Waals surface area contributed by atoms with Gasteiger partial charge in [0, 0.05) is 17.0 Å². The van der Waals surface area contributed by atoms with Crippen LogP contribution in [0.25, 0.3) is 0 Å². The molecule has 0 fully saturated rings. The maximum atomic E-state index is 6.03. The molecule has 1 rings (SSSR count). The molecule has 0 saturated heterocycles. The Labute approximate surface area is 122 Å². The largest absolute Gasteiger partial charge is 0.492 e. The third kappa shape index (κ3) is 5.42. The summed E-state index contributed by atoms with van der Waals surface area (Å²) in [5.74, 6) is 0.966. The molecule has 1 aromatic rings. The van der Waals surface area contributed by atoms with Gasteiger partial charge < -0.3 is 10.1 Å². The zero-order valence-electron chi connectivity index (χ0n) is 12.8. The van der Waals surface area contributed by atoms with Gasteiger partial charge in [0.25, 0.3) is 0 Å². The lowest BCUT2D eigenvalue weighted by molar-refractivity contribution is 0.175. The predicted molar refractivity (Wildman–Crippen MR) is 83.4 cm³/mol. The van der Waals surface area contributed by atoms with Crippen molar-refractivity contribution in [2.24, 2.45) is 5.41 Å². The molecular formula is C16H26ClNO. The normalized spacial score (nSPS) is 11.7. The van der Waals surface area contributed by atoms with E-state index in [0.717, 1.165) is 41.4 Å². The Hall–Kier alpha value is -0.730. The van der Waals surface area contributed by atoms with Crippen molar-refractivity contribution >= 4 is 11.6 Å². The maximum Gasteiger partial charge on any atom is 0.125 e. The molecule has 3 heteroatoms. The van der Waals surface area contributed by atoms with E-state index in [1.165, 1.54) is 0 Å². The van der Waals surface area contributed by atoms with E-state index in [-0.39, 0.29) is 5.41 Å². The highest BCUT2D eigenvalue weighted by Crippen LogP contribution is 2.28. The summed E-state index contributed by atoms with van der Waals surface area (Å²) < 4.78 is 6.02. The molecule has 0 aliphatic heterocycles. The second-order valence-electron chi connectivity index (χ2n) is 6.00. The highest BCUT2D eigenvalue weighted by molar-refractivity contribution is 6.30. The Balaban J connectivity index is 2.61. The number of aryl methyl sites for hydroxylation is 2. The first-order valence-electron chi connectivity index (χ1n) is 6.96. The van der Waals surface area contributed by atoms with Crippen molar-refractivity contribution in [2.75, 3.05) is 19.7 Å². The van der Waals surface area contributed by atoms with Crippen LogP contribution in [0.2, 0.25) is 5.02 Å². The van der Waals surface area contributed by atoms with E-state index < -0.39 is 0 Å². The second-order valence-corrected chi connectivity index (χ2v) is 6.43. The van der Waals surface area contributed by atoms with E-state index in [9.17, 15) is 0 Å². The minimum atomic E-state index is 0.119. The lowest BCUT2D eigenvalue weighted by atomic mass is 9.94. The van der Waals surface area contributed by atoms with Crippen LogP contribution in [0.4, 0.5) is 0 Å². The smallest absolute Gasteiger partial charge is 0.125 e. The average Bonchev–Trinajstić information content (AvgIpc) is 2.27. The Morgan fingerprint density at radius 2 is 1.79 bits per heavy atom. The van der Waals surface area contributed by atoms with Gasteiger partial charge in [0.1, 0.15) is 5.75 Å². The van der Waals surface area contributed by atoms with E-state index >= 15 is 0 Å². The molecule has 0 amide bonds. The molecule has 19 heavy (non-hydrogen) atoms. The zero-order valence-corrected chi connectivity index (χ0v) is 13.5. The minimum absolute atomic E-state index is 0.119. The third-order valence-electron chi connectivity index (χ3n) is 3.06. The summed E-state index contributed by atoms with van der Waals surface area (Å²) >= 11 is 6.03. The second kappa shape index (κ2) is 7.16. The Kier molecular flexibility index (Phi) is 6.15. The van der Waals surface area contributed by atoms with Crippen molar-refractivity contribution in [1.82, 2.24) is 5.32 Å². The van der Waals surface area contributed by atoms with Crippen LogP contribution >= 0.6 is 11.6 Å². The maximum absolute atomic E-state index is 6.03. The van der Waals surface area contributed by atoms with E-state index in [1.807, 2.05) is 26.0 Å². The molecule has 0 atom stereocenters. The predicted octanol–water partition coefficient (Wildman–Crippen LogP) is 4.36. The summed E-state index contributed by atoms with van der Waals surface area (Å²) in [6.45, 7) is 13.4. The summed E-state index contributed by atoms with van der Waals surface area (Å²) in [6, 6.07) is 3.90. The molecule has 108 valence electrons. The van der Waals surface area contributed by atoms with Gasteiger partial charge in [0.05, 0.1) is 6.61 Å². The molecule has 0 bridgehead atoms. The lowest BCUT2D eigenvalue weighted by Gasteiger charge is -2.26. The summed E-state index contributed by atoms with van der Waals surface area (Å²) in [5, 5.41) is 4.22. The Morgan fingerprint density at radius 1 is 1.21 bits per heavy atom. The van der Waals surface area contributed by atoms with Crippen molar-refractivity contribution in [2.45, 2.75) is 41.0 Å². The standard InChI is InChI=1S/C16H26ClNO/c1-6-7-18-10-16(4,5)11-19-15-12(2)8-14(17)9-13(15)3/h8-9,18H,6-7,10-11H2,1-5H3. The van der Waals surface area contributed by atoms with Gasteiger partial charge in [-0.2, -0.15) is 0 Å². The molecule has 0 radical (unpaired) electrons. The van der Waals surface area contributed by atoms with Crippen LogP contribution in [0, 0.1) is 19.3 Å². The Morgan fingerprint density at radius 3 is 2.32 bits per heavy atom. The molecule has 0 aliphatic carbocycles. The van der Waals surface area contributed by atoms with Gasteiger partial charge in [-0.3, -0.25) is 0 Å². The highest BCUT2D eigenvalue weighted by Gasteiger charge is 2.19. The van der Waals surface area contributed by atoms with E-state index in [0.29, 0.717) is 6.61 Å². The van der Waals surface area contributed by atoms with Gasteiger partial charge in [-0.15, -0.1) is 0 Å². The van der Waals surface area contributed by atoms with Gasteiger partial charge in [-0.1, -0.05) is 32.4 Å². The molecule has 0 aliphatic rings. The van der Waals surface area contributed by atoms with Crippen LogP contribution in [0.15, 0.2) is 12.1 Å². The number of halogens is 1. The molecule has 1 aromatic carbocycles. The molecule has 0 aromatic heterocycles. The Bertz CT molecular complexity index is 392. The van der Waals surface area contributed by atoms with Crippen molar-refractivity contribution in [3.63, 3.8) is 0 Å². The topological polar surface area (TPSA) is 21.3 Å². The summed E-state index contributed by atoms with van der Waals surface area (Å²) in [6.07, 6.45) is 1.16. The highest BCUT2D eigenvalue weighted by atomic mass is 35.5. The summed E-state index contributed by atoms with van der Waals surface area (Å²) in [7, 11) is 0. The van der Waals surface area contributed by atoms with Gasteiger partial charge in [-0.25, -0.2) is 0 Å². The monoisotopic (exact) mass is 283 g/mol. The zero-order chi connectivity index (χ0) is 14.5. The number of hydrogen-bond acceptors (Lipinski definition) is 2. The number of benzene rings is 1. The average molecular weight is 284 g/mol. The summed E-state index contributed by atoms with van der Waals surface area (Å²) in [5.41, 5.74) is 2.32. The van der Waals surface area contributed by atoms with Gasteiger partial charge in [0.2, 0.25) is 0 Å². The first-order valence-corrected chi connectivity index (χ1v) is 7.34. The van der Waals surface area contributed by atoms with E-state index in [4.69, 9.17) is 16.3 Å². The number of nitrogens with one attached hydrogen (secondary N) is 1. The van der Waals surface area contributed by atoms with Crippen molar-refractivity contribution in [3.05, 3.63) is 28.3 Å². The van der Waals surface area contributed by atoms with Crippen molar-refractivity contribution < 1.29 is 4.74 Å². The number of hydrogen-bond donors (Lipinski definition) is 1. The molecule has 0 unspecified atom stereocenters. The third-order valence-corrected chi connectivity index (χ3v) is 3.28. The van der Waals surface area contributed by atoms with Crippen LogP contribution in [0.3, 0.4) is 0 Å². The SMILES string of the molecule is CCCNCC(C)(C)COc1c(C)cc(Cl)cc1C. The van der Waals surface area contributed by atoms with Crippen LogP contribution in [-0.2, 0) is 0 Å². The number of ether oxygens (including phenoxy) is 1. The quantitative estimate of drug-likeness (QED) is 0.751. The molecule has 2 nitrogen and oxygen atoms in total. The first kappa shape index (κ1) is 16.3. The van der Waals surface area contributed by atoms with Gasteiger partial charge >= 0.3 is 0 Å². The molecule has 1 N–H and O–H groups in total.